The summed E-state index contributed by atoms with van der Waals surface area (Å²) in [5.41, 5.74) is 0.271. The molecule has 0 aliphatic carbocycles. The highest BCUT2D eigenvalue weighted by Crippen LogP contribution is 2.26. The molecule has 2 rings (SSSR count). The summed E-state index contributed by atoms with van der Waals surface area (Å²) in [6, 6.07) is 5.06. The van der Waals surface area contributed by atoms with Crippen molar-refractivity contribution in [1.29, 1.82) is 0 Å². The van der Waals surface area contributed by atoms with Gasteiger partial charge in [0.2, 0.25) is 0 Å². The predicted octanol–water partition coefficient (Wildman–Crippen LogP) is 1.90. The van der Waals surface area contributed by atoms with Crippen LogP contribution in [0.15, 0.2) is 35.4 Å². The molecule has 0 bridgehead atoms. The summed E-state index contributed by atoms with van der Waals surface area (Å²) in [4.78, 5) is 15.8. The van der Waals surface area contributed by atoms with Crippen molar-refractivity contribution in [2.75, 3.05) is 14.2 Å². The average molecular weight is 267 g/mol. The molecule has 0 amide bonds. The number of hydrogen-bond donors (Lipinski definition) is 0. The summed E-state index contributed by atoms with van der Waals surface area (Å²) in [7, 11) is 2.93. The van der Waals surface area contributed by atoms with Gasteiger partial charge in [-0.3, -0.25) is 9.36 Å². The van der Waals surface area contributed by atoms with Crippen molar-refractivity contribution >= 4 is 11.6 Å². The van der Waals surface area contributed by atoms with E-state index in [2.05, 4.69) is 4.98 Å². The Labute approximate surface area is 109 Å². The predicted molar refractivity (Wildman–Crippen MR) is 67.9 cm³/mol. The third kappa shape index (κ3) is 2.17. The van der Waals surface area contributed by atoms with Gasteiger partial charge < -0.3 is 9.47 Å². The fraction of sp³-hybridized carbons (Fsp3) is 0.167. The molecule has 6 heteroatoms. The van der Waals surface area contributed by atoms with Gasteiger partial charge in [-0.25, -0.2) is 4.98 Å². The van der Waals surface area contributed by atoms with Crippen LogP contribution in [0.4, 0.5) is 0 Å². The molecule has 0 radical (unpaired) electrons. The van der Waals surface area contributed by atoms with E-state index >= 15 is 0 Å². The summed E-state index contributed by atoms with van der Waals surface area (Å²) in [6.07, 6.45) is 3.03. The zero-order valence-electron chi connectivity index (χ0n) is 9.88. The van der Waals surface area contributed by atoms with Crippen molar-refractivity contribution in [3.8, 4) is 17.3 Å². The van der Waals surface area contributed by atoms with E-state index < -0.39 is 0 Å². The van der Waals surface area contributed by atoms with Gasteiger partial charge in [-0.2, -0.15) is 0 Å². The Morgan fingerprint density at radius 3 is 2.67 bits per heavy atom. The lowest BCUT2D eigenvalue weighted by Gasteiger charge is -2.09. The number of aromatic nitrogens is 2. The largest absolute Gasteiger partial charge is 0.495 e. The Kier molecular flexibility index (Phi) is 3.53. The molecule has 0 aliphatic heterocycles. The number of ether oxygens (including phenoxy) is 2. The molecule has 0 unspecified atom stereocenters. The molecule has 0 spiro atoms. The van der Waals surface area contributed by atoms with E-state index in [4.69, 9.17) is 21.1 Å². The van der Waals surface area contributed by atoms with E-state index in [0.717, 1.165) is 0 Å². The van der Waals surface area contributed by atoms with Crippen LogP contribution in [0, 0.1) is 0 Å². The Balaban J connectivity index is 2.56. The minimum atomic E-state index is -0.346. The second kappa shape index (κ2) is 5.10. The molecule has 0 saturated heterocycles. The van der Waals surface area contributed by atoms with Crippen LogP contribution in [0.25, 0.3) is 5.69 Å². The number of hydrogen-bond acceptors (Lipinski definition) is 4. The third-order valence-electron chi connectivity index (χ3n) is 2.42. The molecule has 0 aliphatic rings. The highest BCUT2D eigenvalue weighted by Gasteiger charge is 2.08. The number of rotatable bonds is 3. The first-order valence-corrected chi connectivity index (χ1v) is 5.50. The average Bonchev–Trinajstić information content (AvgIpc) is 2.39. The van der Waals surface area contributed by atoms with Crippen LogP contribution in [0.3, 0.4) is 0 Å². The SMILES string of the molecule is COc1ccc(-n2ccnc(OC)c2=O)cc1Cl. The second-order valence-corrected chi connectivity index (χ2v) is 3.84. The summed E-state index contributed by atoms with van der Waals surface area (Å²) in [5.74, 6) is 0.582. The first kappa shape index (κ1) is 12.4. The van der Waals surface area contributed by atoms with Crippen LogP contribution >= 0.6 is 11.6 Å². The molecule has 1 heterocycles. The first-order chi connectivity index (χ1) is 8.67. The molecule has 94 valence electrons. The lowest BCUT2D eigenvalue weighted by molar-refractivity contribution is 0.388. The van der Waals surface area contributed by atoms with Gasteiger partial charge in [-0.05, 0) is 18.2 Å². The molecule has 1 aromatic heterocycles. The van der Waals surface area contributed by atoms with E-state index in [1.165, 1.54) is 25.0 Å². The quantitative estimate of drug-likeness (QED) is 0.851. The van der Waals surface area contributed by atoms with Gasteiger partial charge in [0, 0.05) is 12.4 Å². The van der Waals surface area contributed by atoms with Gasteiger partial charge in [-0.1, -0.05) is 11.6 Å². The third-order valence-corrected chi connectivity index (χ3v) is 2.71. The van der Waals surface area contributed by atoms with E-state index in [1.807, 2.05) is 0 Å². The Bertz CT molecular complexity index is 625. The number of methoxy groups -OCH3 is 2. The highest BCUT2D eigenvalue weighted by molar-refractivity contribution is 6.32. The number of benzene rings is 1. The van der Waals surface area contributed by atoms with Gasteiger partial charge in [0.15, 0.2) is 0 Å². The minimum absolute atomic E-state index is 0.0319. The molecule has 0 atom stereocenters. The molecule has 0 fully saturated rings. The molecule has 5 nitrogen and oxygen atoms in total. The van der Waals surface area contributed by atoms with Gasteiger partial charge in [0.05, 0.1) is 24.9 Å². The smallest absolute Gasteiger partial charge is 0.317 e. The Hall–Kier alpha value is -2.01. The van der Waals surface area contributed by atoms with Crippen molar-refractivity contribution in [1.82, 2.24) is 9.55 Å². The van der Waals surface area contributed by atoms with E-state index in [1.54, 1.807) is 24.4 Å². The molecular weight excluding hydrogens is 256 g/mol. The van der Waals surface area contributed by atoms with Crippen molar-refractivity contribution in [2.24, 2.45) is 0 Å². The maximum Gasteiger partial charge on any atom is 0.317 e. The van der Waals surface area contributed by atoms with Gasteiger partial charge in [0.25, 0.3) is 5.88 Å². The van der Waals surface area contributed by atoms with Gasteiger partial charge >= 0.3 is 5.56 Å². The minimum Gasteiger partial charge on any atom is -0.495 e. The monoisotopic (exact) mass is 266 g/mol. The van der Waals surface area contributed by atoms with Crippen LogP contribution in [0.1, 0.15) is 0 Å². The van der Waals surface area contributed by atoms with Crippen LogP contribution in [0.5, 0.6) is 11.6 Å². The molecule has 0 saturated carbocycles. The van der Waals surface area contributed by atoms with Crippen LogP contribution in [-0.2, 0) is 0 Å². The Morgan fingerprint density at radius 2 is 2.06 bits per heavy atom. The zero-order chi connectivity index (χ0) is 13.1. The lowest BCUT2D eigenvalue weighted by atomic mass is 10.3. The van der Waals surface area contributed by atoms with Crippen molar-refractivity contribution in [3.63, 3.8) is 0 Å². The molecular formula is C12H11ClN2O3. The fourth-order valence-electron chi connectivity index (χ4n) is 1.54. The van der Waals surface area contributed by atoms with Crippen LogP contribution in [-0.4, -0.2) is 23.8 Å². The standard InChI is InChI=1S/C12H11ClN2O3/c1-17-10-4-3-8(7-9(10)13)15-6-5-14-11(18-2)12(15)16/h3-7H,1-2H3. The molecule has 1 aromatic carbocycles. The summed E-state index contributed by atoms with van der Waals surface area (Å²) < 4.78 is 11.3. The van der Waals surface area contributed by atoms with Crippen LogP contribution < -0.4 is 15.0 Å². The molecule has 2 aromatic rings. The lowest BCUT2D eigenvalue weighted by Crippen LogP contribution is -2.20. The normalized spacial score (nSPS) is 10.2. The first-order valence-electron chi connectivity index (χ1n) is 5.13. The van der Waals surface area contributed by atoms with E-state index in [9.17, 15) is 4.79 Å². The molecule has 0 N–H and O–H groups in total. The summed E-state index contributed by atoms with van der Waals surface area (Å²) >= 11 is 6.02. The second-order valence-electron chi connectivity index (χ2n) is 3.43. The maximum atomic E-state index is 12.0. The van der Waals surface area contributed by atoms with Crippen LogP contribution in [0.2, 0.25) is 5.02 Å². The summed E-state index contributed by atoms with van der Waals surface area (Å²) in [6.45, 7) is 0. The summed E-state index contributed by atoms with van der Waals surface area (Å²) in [5, 5.41) is 0.428. The molecule has 18 heavy (non-hydrogen) atoms. The maximum absolute atomic E-state index is 12.0. The van der Waals surface area contributed by atoms with Gasteiger partial charge in [0.1, 0.15) is 5.75 Å². The van der Waals surface area contributed by atoms with E-state index in [-0.39, 0.29) is 11.4 Å². The van der Waals surface area contributed by atoms with Crippen molar-refractivity contribution < 1.29 is 9.47 Å². The van der Waals surface area contributed by atoms with E-state index in [0.29, 0.717) is 16.5 Å². The topological polar surface area (TPSA) is 53.4 Å². The highest BCUT2D eigenvalue weighted by atomic mass is 35.5. The number of halogens is 1. The number of nitrogens with zero attached hydrogens (tertiary/aromatic N) is 2. The fourth-order valence-corrected chi connectivity index (χ4v) is 1.79. The van der Waals surface area contributed by atoms with Crippen molar-refractivity contribution in [2.45, 2.75) is 0 Å². The Morgan fingerprint density at radius 1 is 1.28 bits per heavy atom. The zero-order valence-corrected chi connectivity index (χ0v) is 10.6. The van der Waals surface area contributed by atoms with Gasteiger partial charge in [-0.15, -0.1) is 0 Å². The van der Waals surface area contributed by atoms with Crippen molar-refractivity contribution in [3.05, 3.63) is 46.0 Å².